The van der Waals surface area contributed by atoms with Crippen molar-refractivity contribution in [1.82, 2.24) is 14.5 Å². The smallest absolute Gasteiger partial charge is 0.106 e. The molecule has 17 heavy (non-hydrogen) atoms. The van der Waals surface area contributed by atoms with Crippen molar-refractivity contribution >= 4 is 0 Å². The van der Waals surface area contributed by atoms with Gasteiger partial charge in [-0.3, -0.25) is 0 Å². The van der Waals surface area contributed by atoms with E-state index in [-0.39, 0.29) is 0 Å². The van der Waals surface area contributed by atoms with Crippen LogP contribution in [0.3, 0.4) is 0 Å². The third-order valence-corrected chi connectivity index (χ3v) is 3.96. The maximum Gasteiger partial charge on any atom is 0.106 e. The third-order valence-electron chi connectivity index (χ3n) is 3.96. The third kappa shape index (κ3) is 2.71. The van der Waals surface area contributed by atoms with E-state index in [0.717, 1.165) is 26.2 Å². The first kappa shape index (κ1) is 12.6. The van der Waals surface area contributed by atoms with E-state index >= 15 is 0 Å². The van der Waals surface area contributed by atoms with Crippen LogP contribution < -0.4 is 0 Å². The van der Waals surface area contributed by atoms with Gasteiger partial charge in [-0.15, -0.1) is 0 Å². The Bertz CT molecular complexity index is 364. The maximum atomic E-state index is 4.73. The fraction of sp³-hybridized carbons (Fsp3) is 0.786. The average Bonchev–Trinajstić information content (AvgIpc) is 2.67. The summed E-state index contributed by atoms with van der Waals surface area (Å²) in [4.78, 5) is 7.21. The van der Waals surface area contributed by atoms with E-state index in [1.807, 2.05) is 0 Å². The van der Waals surface area contributed by atoms with Gasteiger partial charge in [0.2, 0.25) is 0 Å². The normalized spacial score (nSPS) is 15.3. The van der Waals surface area contributed by atoms with Gasteiger partial charge in [-0.2, -0.15) is 0 Å². The number of fused-ring (bicyclic) bond motifs is 1. The van der Waals surface area contributed by atoms with Crippen molar-refractivity contribution in [2.24, 2.45) is 0 Å². The average molecular weight is 235 g/mol. The second-order valence-corrected chi connectivity index (χ2v) is 4.94. The summed E-state index contributed by atoms with van der Waals surface area (Å²) >= 11 is 0. The van der Waals surface area contributed by atoms with Gasteiger partial charge in [0.05, 0.1) is 5.69 Å². The quantitative estimate of drug-likeness (QED) is 0.781. The van der Waals surface area contributed by atoms with Gasteiger partial charge >= 0.3 is 0 Å². The first-order valence-corrected chi connectivity index (χ1v) is 7.03. The summed E-state index contributed by atoms with van der Waals surface area (Å²) in [5.41, 5.74) is 2.88. The zero-order valence-electron chi connectivity index (χ0n) is 11.5. The van der Waals surface area contributed by atoms with Gasteiger partial charge in [0.1, 0.15) is 5.82 Å². The number of rotatable bonds is 5. The first-order chi connectivity index (χ1) is 8.26. The molecule has 1 aliphatic rings. The lowest BCUT2D eigenvalue weighted by Gasteiger charge is -2.20. The Balaban J connectivity index is 2.07. The molecule has 0 unspecified atom stereocenters. The van der Waals surface area contributed by atoms with E-state index in [2.05, 4.69) is 30.2 Å². The van der Waals surface area contributed by atoms with Crippen molar-refractivity contribution in [1.29, 1.82) is 0 Å². The largest absolute Gasteiger partial charge is 0.331 e. The van der Waals surface area contributed by atoms with Crippen molar-refractivity contribution < 1.29 is 0 Å². The molecule has 3 nitrogen and oxygen atoms in total. The second-order valence-electron chi connectivity index (χ2n) is 4.94. The number of aromatic nitrogens is 2. The number of likely N-dealkylation sites (N-methyl/N-ethyl adjacent to an activating group) is 1. The Morgan fingerprint density at radius 2 is 1.88 bits per heavy atom. The van der Waals surface area contributed by atoms with Crippen LogP contribution in [0.5, 0.6) is 0 Å². The van der Waals surface area contributed by atoms with Crippen LogP contribution in [0.25, 0.3) is 0 Å². The van der Waals surface area contributed by atoms with Crippen molar-refractivity contribution in [2.75, 3.05) is 19.6 Å². The second kappa shape index (κ2) is 5.67. The summed E-state index contributed by atoms with van der Waals surface area (Å²) in [6.45, 7) is 11.2. The van der Waals surface area contributed by atoms with Crippen LogP contribution in [0, 0.1) is 6.92 Å². The molecule has 0 bridgehead atoms. The zero-order valence-corrected chi connectivity index (χ0v) is 11.5. The standard InChI is InChI=1S/C14H25N3/c1-4-16(5-2)10-11-17-12(3)15-13-8-6-7-9-14(13)17/h4-11H2,1-3H3. The number of hydrogen-bond donors (Lipinski definition) is 0. The van der Waals surface area contributed by atoms with Crippen LogP contribution in [0.1, 0.15) is 43.9 Å². The monoisotopic (exact) mass is 235 g/mol. The minimum Gasteiger partial charge on any atom is -0.331 e. The fourth-order valence-electron chi connectivity index (χ4n) is 2.81. The molecule has 0 radical (unpaired) electrons. The van der Waals surface area contributed by atoms with Gasteiger partial charge in [0.25, 0.3) is 0 Å². The summed E-state index contributed by atoms with van der Waals surface area (Å²) in [7, 11) is 0. The number of aryl methyl sites for hydroxylation is 2. The van der Waals surface area contributed by atoms with Gasteiger partial charge < -0.3 is 9.47 Å². The fourth-order valence-corrected chi connectivity index (χ4v) is 2.81. The minimum absolute atomic E-state index is 1.11. The van der Waals surface area contributed by atoms with E-state index in [4.69, 9.17) is 4.98 Å². The summed E-state index contributed by atoms with van der Waals surface area (Å²) in [5.74, 6) is 1.21. The van der Waals surface area contributed by atoms with Gasteiger partial charge in [-0.1, -0.05) is 13.8 Å². The summed E-state index contributed by atoms with van der Waals surface area (Å²) < 4.78 is 2.45. The summed E-state index contributed by atoms with van der Waals surface area (Å²) in [6.07, 6.45) is 5.08. The van der Waals surface area contributed by atoms with E-state index in [9.17, 15) is 0 Å². The van der Waals surface area contributed by atoms with Crippen LogP contribution >= 0.6 is 0 Å². The van der Waals surface area contributed by atoms with Crippen LogP contribution in [0.15, 0.2) is 0 Å². The Hall–Kier alpha value is -0.830. The topological polar surface area (TPSA) is 21.1 Å². The minimum atomic E-state index is 1.11. The molecular formula is C14H25N3. The molecule has 1 aromatic heterocycles. The molecule has 0 saturated carbocycles. The molecule has 96 valence electrons. The Morgan fingerprint density at radius 1 is 1.18 bits per heavy atom. The lowest BCUT2D eigenvalue weighted by molar-refractivity contribution is 0.288. The number of nitrogens with zero attached hydrogens (tertiary/aromatic N) is 3. The van der Waals surface area contributed by atoms with E-state index in [1.165, 1.54) is 42.9 Å². The molecule has 0 aromatic carbocycles. The molecule has 2 rings (SSSR count). The zero-order chi connectivity index (χ0) is 12.3. The molecule has 1 aromatic rings. The van der Waals surface area contributed by atoms with Gasteiger partial charge in [0.15, 0.2) is 0 Å². The van der Waals surface area contributed by atoms with Crippen LogP contribution in [0.4, 0.5) is 0 Å². The molecule has 0 spiro atoms. The molecule has 0 amide bonds. The molecule has 0 saturated heterocycles. The molecule has 0 atom stereocenters. The molecular weight excluding hydrogens is 210 g/mol. The highest BCUT2D eigenvalue weighted by atomic mass is 15.2. The predicted octanol–water partition coefficient (Wildman–Crippen LogP) is 2.41. The molecule has 1 heterocycles. The van der Waals surface area contributed by atoms with Crippen molar-refractivity contribution in [2.45, 2.75) is 53.0 Å². The van der Waals surface area contributed by atoms with Gasteiger partial charge in [-0.05, 0) is 45.7 Å². The summed E-state index contributed by atoms with van der Waals surface area (Å²) in [6, 6.07) is 0. The van der Waals surface area contributed by atoms with E-state index in [0.29, 0.717) is 0 Å². The van der Waals surface area contributed by atoms with Crippen LogP contribution in [-0.4, -0.2) is 34.1 Å². The maximum absolute atomic E-state index is 4.73. The SMILES string of the molecule is CCN(CC)CCn1c(C)nc2c1CCCC2. The van der Waals surface area contributed by atoms with Crippen molar-refractivity contribution in [3.63, 3.8) is 0 Å². The van der Waals surface area contributed by atoms with E-state index < -0.39 is 0 Å². The summed E-state index contributed by atoms with van der Waals surface area (Å²) in [5, 5.41) is 0. The van der Waals surface area contributed by atoms with Crippen molar-refractivity contribution in [3.05, 3.63) is 17.2 Å². The molecule has 1 aliphatic carbocycles. The molecule has 0 fully saturated rings. The molecule has 3 heteroatoms. The Kier molecular flexibility index (Phi) is 4.21. The highest BCUT2D eigenvalue weighted by Gasteiger charge is 2.17. The molecule has 0 N–H and O–H groups in total. The predicted molar refractivity (Wildman–Crippen MR) is 71.4 cm³/mol. The highest BCUT2D eigenvalue weighted by Crippen LogP contribution is 2.21. The Labute approximate surface area is 105 Å². The van der Waals surface area contributed by atoms with Crippen molar-refractivity contribution in [3.8, 4) is 0 Å². The number of hydrogen-bond acceptors (Lipinski definition) is 2. The van der Waals surface area contributed by atoms with Gasteiger partial charge in [0, 0.05) is 18.8 Å². The van der Waals surface area contributed by atoms with E-state index in [1.54, 1.807) is 0 Å². The van der Waals surface area contributed by atoms with Crippen LogP contribution in [0.2, 0.25) is 0 Å². The molecule has 0 aliphatic heterocycles. The van der Waals surface area contributed by atoms with Crippen LogP contribution in [-0.2, 0) is 19.4 Å². The lowest BCUT2D eigenvalue weighted by Crippen LogP contribution is -2.28. The first-order valence-electron chi connectivity index (χ1n) is 7.03. The Morgan fingerprint density at radius 3 is 2.59 bits per heavy atom. The number of imidazole rings is 1. The van der Waals surface area contributed by atoms with Gasteiger partial charge in [-0.25, -0.2) is 4.98 Å². The lowest BCUT2D eigenvalue weighted by atomic mass is 10.0. The highest BCUT2D eigenvalue weighted by molar-refractivity contribution is 5.19.